The number of halogens is 1. The van der Waals surface area contributed by atoms with Gasteiger partial charge in [-0.3, -0.25) is 9.59 Å². The van der Waals surface area contributed by atoms with Gasteiger partial charge in [0, 0.05) is 34.2 Å². The number of carbonyl (C=O) groups excluding carboxylic acids is 2. The van der Waals surface area contributed by atoms with Crippen molar-refractivity contribution in [2.24, 2.45) is 16.8 Å². The van der Waals surface area contributed by atoms with Crippen molar-refractivity contribution >= 4 is 41.8 Å². The number of amides is 2. The zero-order valence-corrected chi connectivity index (χ0v) is 19.5. The molecule has 8 heteroatoms. The molecule has 0 bridgehead atoms. The summed E-state index contributed by atoms with van der Waals surface area (Å²) in [4.78, 5) is 31.2. The van der Waals surface area contributed by atoms with E-state index in [1.807, 2.05) is 0 Å². The second-order valence-corrected chi connectivity index (χ2v) is 8.05. The van der Waals surface area contributed by atoms with Crippen LogP contribution in [0.2, 0.25) is 0 Å². The first-order valence-electron chi connectivity index (χ1n) is 9.82. The summed E-state index contributed by atoms with van der Waals surface area (Å²) in [5, 5.41) is 6.57. The lowest BCUT2D eigenvalue weighted by Gasteiger charge is -2.39. The first-order chi connectivity index (χ1) is 12.4. The molecule has 0 aromatic carbocycles. The fourth-order valence-electron chi connectivity index (χ4n) is 3.96. The van der Waals surface area contributed by atoms with E-state index >= 15 is 0 Å². The summed E-state index contributed by atoms with van der Waals surface area (Å²) in [5.41, 5.74) is 0. The highest BCUT2D eigenvalue weighted by Gasteiger charge is 2.32. The summed E-state index contributed by atoms with van der Waals surface area (Å²) in [6, 6.07) is 0.365. The van der Waals surface area contributed by atoms with E-state index in [1.54, 1.807) is 33.1 Å². The maximum Gasteiger partial charge on any atom is 0.243 e. The van der Waals surface area contributed by atoms with E-state index in [4.69, 9.17) is 0 Å². The summed E-state index contributed by atoms with van der Waals surface area (Å²) in [6.07, 6.45) is 9.00. The van der Waals surface area contributed by atoms with Crippen LogP contribution in [-0.2, 0) is 9.59 Å². The van der Waals surface area contributed by atoms with Crippen molar-refractivity contribution in [2.75, 3.05) is 41.3 Å². The lowest BCUT2D eigenvalue weighted by atomic mass is 9.69. The van der Waals surface area contributed by atoms with Gasteiger partial charge in [-0.25, -0.2) is 4.99 Å². The number of carbonyl (C=O) groups is 2. The number of hydrogen-bond donors (Lipinski definition) is 2. The Morgan fingerprint density at radius 2 is 1.56 bits per heavy atom. The molecular formula is C19H36IN5O2. The summed E-state index contributed by atoms with van der Waals surface area (Å²) in [6.45, 7) is 0.255. The van der Waals surface area contributed by atoms with Crippen LogP contribution in [0.1, 0.15) is 44.9 Å². The molecule has 2 rings (SSSR count). The molecule has 0 spiro atoms. The number of nitrogens with zero attached hydrogens (tertiary/aromatic N) is 3. The third kappa shape index (κ3) is 7.83. The SMILES string of the molecule is CN(C)C(=O)CN=C(NCC(=O)N(C)C)NC1CCC2CCCCC2C1.I. The van der Waals surface area contributed by atoms with Crippen LogP contribution in [0.25, 0.3) is 0 Å². The van der Waals surface area contributed by atoms with Gasteiger partial charge in [-0.05, 0) is 31.1 Å². The molecular weight excluding hydrogens is 457 g/mol. The third-order valence-electron chi connectivity index (χ3n) is 5.66. The average Bonchev–Trinajstić information content (AvgIpc) is 2.62. The van der Waals surface area contributed by atoms with Gasteiger partial charge in [-0.1, -0.05) is 25.7 Å². The molecule has 7 nitrogen and oxygen atoms in total. The summed E-state index contributed by atoms with van der Waals surface area (Å²) >= 11 is 0. The second-order valence-electron chi connectivity index (χ2n) is 8.05. The van der Waals surface area contributed by atoms with Gasteiger partial charge in [0.1, 0.15) is 6.54 Å². The predicted molar refractivity (Wildman–Crippen MR) is 119 cm³/mol. The first-order valence-corrected chi connectivity index (χ1v) is 9.82. The smallest absolute Gasteiger partial charge is 0.243 e. The minimum absolute atomic E-state index is 0. The Bertz CT molecular complexity index is 524. The van der Waals surface area contributed by atoms with E-state index in [-0.39, 0.29) is 48.9 Å². The van der Waals surface area contributed by atoms with Gasteiger partial charge in [0.2, 0.25) is 11.8 Å². The van der Waals surface area contributed by atoms with Crippen LogP contribution in [0.5, 0.6) is 0 Å². The van der Waals surface area contributed by atoms with Gasteiger partial charge in [-0.2, -0.15) is 0 Å². The highest BCUT2D eigenvalue weighted by Crippen LogP contribution is 2.40. The van der Waals surface area contributed by atoms with Gasteiger partial charge in [0.25, 0.3) is 0 Å². The molecule has 2 saturated carbocycles. The number of likely N-dealkylation sites (N-methyl/N-ethyl adjacent to an activating group) is 2. The number of nitrogens with one attached hydrogen (secondary N) is 2. The van der Waals surface area contributed by atoms with Crippen LogP contribution in [-0.4, -0.2) is 74.9 Å². The second kappa shape index (κ2) is 11.7. The van der Waals surface area contributed by atoms with E-state index in [2.05, 4.69) is 15.6 Å². The van der Waals surface area contributed by atoms with Crippen LogP contribution < -0.4 is 10.6 Å². The van der Waals surface area contributed by atoms with Crippen molar-refractivity contribution in [3.63, 3.8) is 0 Å². The van der Waals surface area contributed by atoms with Crippen LogP contribution in [0, 0.1) is 11.8 Å². The van der Waals surface area contributed by atoms with Gasteiger partial charge in [-0.15, -0.1) is 24.0 Å². The van der Waals surface area contributed by atoms with Gasteiger partial charge >= 0.3 is 0 Å². The molecule has 2 amide bonds. The van der Waals surface area contributed by atoms with E-state index in [0.29, 0.717) is 12.0 Å². The van der Waals surface area contributed by atoms with E-state index in [9.17, 15) is 9.59 Å². The molecule has 3 atom stereocenters. The van der Waals surface area contributed by atoms with Gasteiger partial charge < -0.3 is 20.4 Å². The zero-order valence-electron chi connectivity index (χ0n) is 17.2. The molecule has 27 heavy (non-hydrogen) atoms. The molecule has 156 valence electrons. The Labute approximate surface area is 180 Å². The molecule has 0 radical (unpaired) electrons. The number of fused-ring (bicyclic) bond motifs is 1. The minimum Gasteiger partial charge on any atom is -0.354 e. The summed E-state index contributed by atoms with van der Waals surface area (Å²) < 4.78 is 0. The number of hydrogen-bond acceptors (Lipinski definition) is 3. The Morgan fingerprint density at radius 1 is 0.926 bits per heavy atom. The normalized spacial score (nSPS) is 24.9. The van der Waals surface area contributed by atoms with Crippen molar-refractivity contribution in [3.05, 3.63) is 0 Å². The topological polar surface area (TPSA) is 77.0 Å². The molecule has 2 N–H and O–H groups in total. The van der Waals surface area contributed by atoms with Crippen LogP contribution >= 0.6 is 24.0 Å². The van der Waals surface area contributed by atoms with Gasteiger partial charge in [0.05, 0.1) is 6.54 Å². The zero-order chi connectivity index (χ0) is 19.1. The van der Waals surface area contributed by atoms with Crippen molar-refractivity contribution in [3.8, 4) is 0 Å². The Hall–Kier alpha value is -1.06. The molecule has 0 aliphatic heterocycles. The fourth-order valence-corrected chi connectivity index (χ4v) is 3.96. The Kier molecular flexibility index (Phi) is 10.4. The Balaban J connectivity index is 0.00000364. The van der Waals surface area contributed by atoms with Crippen molar-refractivity contribution < 1.29 is 9.59 Å². The molecule has 2 fully saturated rings. The lowest BCUT2D eigenvalue weighted by molar-refractivity contribution is -0.127. The highest BCUT2D eigenvalue weighted by atomic mass is 127. The van der Waals surface area contributed by atoms with Crippen molar-refractivity contribution in [1.82, 2.24) is 20.4 Å². The monoisotopic (exact) mass is 493 g/mol. The van der Waals surface area contributed by atoms with E-state index in [0.717, 1.165) is 24.7 Å². The molecule has 2 aliphatic rings. The van der Waals surface area contributed by atoms with Crippen LogP contribution in [0.4, 0.5) is 0 Å². The Morgan fingerprint density at radius 3 is 2.19 bits per heavy atom. The molecule has 0 aromatic rings. The number of guanidine groups is 1. The molecule has 0 aromatic heterocycles. The first kappa shape index (κ1) is 24.0. The predicted octanol–water partition coefficient (Wildman–Crippen LogP) is 1.67. The summed E-state index contributed by atoms with van der Waals surface area (Å²) in [5.74, 6) is 2.19. The third-order valence-corrected chi connectivity index (χ3v) is 5.66. The maximum atomic E-state index is 11.9. The molecule has 3 unspecified atom stereocenters. The minimum atomic E-state index is -0.0546. The average molecular weight is 493 g/mol. The van der Waals surface area contributed by atoms with E-state index in [1.165, 1.54) is 37.0 Å². The lowest BCUT2D eigenvalue weighted by Crippen LogP contribution is -2.49. The number of aliphatic imine (C=N–C) groups is 1. The summed E-state index contributed by atoms with van der Waals surface area (Å²) in [7, 11) is 6.90. The molecule has 0 saturated heterocycles. The van der Waals surface area contributed by atoms with Crippen LogP contribution in [0.15, 0.2) is 4.99 Å². The van der Waals surface area contributed by atoms with E-state index < -0.39 is 0 Å². The van der Waals surface area contributed by atoms with Gasteiger partial charge in [0.15, 0.2) is 5.96 Å². The fraction of sp³-hybridized carbons (Fsp3) is 0.842. The number of rotatable bonds is 5. The molecule has 0 heterocycles. The molecule has 2 aliphatic carbocycles. The maximum absolute atomic E-state index is 11.9. The standard InChI is InChI=1S/C19H35N5O2.HI/c1-23(2)17(25)12-20-19(21-13-18(26)24(3)4)22-16-10-9-14-7-5-6-8-15(14)11-16;/h14-16H,5-13H2,1-4H3,(H2,20,21,22);1H. The largest absolute Gasteiger partial charge is 0.354 e. The van der Waals surface area contributed by atoms with Crippen molar-refractivity contribution in [2.45, 2.75) is 51.0 Å². The van der Waals surface area contributed by atoms with Crippen LogP contribution in [0.3, 0.4) is 0 Å². The van der Waals surface area contributed by atoms with Crippen molar-refractivity contribution in [1.29, 1.82) is 0 Å². The highest BCUT2D eigenvalue weighted by molar-refractivity contribution is 14.0. The quantitative estimate of drug-likeness (QED) is 0.347.